The number of aromatic nitrogens is 2. The van der Waals surface area contributed by atoms with E-state index in [-0.39, 0.29) is 5.82 Å². The molecule has 0 atom stereocenters. The Morgan fingerprint density at radius 1 is 1.35 bits per heavy atom. The van der Waals surface area contributed by atoms with Crippen molar-refractivity contribution in [2.75, 3.05) is 7.05 Å². The normalized spacial score (nSPS) is 10.5. The standard InChI is InChI=1S/C12H11BrFN3/c1-15-7-9-4-5-16-12(17-9)10-3-2-8(14)6-11(10)13/h2-6,15H,7H2,1H3. The Bertz CT molecular complexity index is 531. The van der Waals surface area contributed by atoms with E-state index >= 15 is 0 Å². The summed E-state index contributed by atoms with van der Waals surface area (Å²) >= 11 is 3.31. The van der Waals surface area contributed by atoms with E-state index in [0.29, 0.717) is 16.8 Å². The number of nitrogens with one attached hydrogen (secondary N) is 1. The molecule has 1 N–H and O–H groups in total. The van der Waals surface area contributed by atoms with Crippen LogP contribution in [0.15, 0.2) is 34.9 Å². The van der Waals surface area contributed by atoms with E-state index < -0.39 is 0 Å². The second kappa shape index (κ2) is 5.33. The Kier molecular flexibility index (Phi) is 3.81. The van der Waals surface area contributed by atoms with Crippen molar-refractivity contribution in [3.8, 4) is 11.4 Å². The molecule has 1 aromatic carbocycles. The van der Waals surface area contributed by atoms with Gasteiger partial charge in [-0.15, -0.1) is 0 Å². The summed E-state index contributed by atoms with van der Waals surface area (Å²) in [6.45, 7) is 0.675. The number of hydrogen-bond acceptors (Lipinski definition) is 3. The fourth-order valence-electron chi connectivity index (χ4n) is 1.48. The Morgan fingerprint density at radius 2 is 2.18 bits per heavy atom. The maximum absolute atomic E-state index is 13.0. The van der Waals surface area contributed by atoms with Gasteiger partial charge in [-0.2, -0.15) is 0 Å². The van der Waals surface area contributed by atoms with Crippen molar-refractivity contribution in [2.45, 2.75) is 6.54 Å². The van der Waals surface area contributed by atoms with Crippen molar-refractivity contribution in [3.63, 3.8) is 0 Å². The molecule has 0 spiro atoms. The largest absolute Gasteiger partial charge is 0.314 e. The highest BCUT2D eigenvalue weighted by atomic mass is 79.9. The van der Waals surface area contributed by atoms with Crippen LogP contribution in [0.4, 0.5) is 4.39 Å². The zero-order valence-corrected chi connectivity index (χ0v) is 10.8. The average Bonchev–Trinajstić information content (AvgIpc) is 2.29. The van der Waals surface area contributed by atoms with Gasteiger partial charge in [0.15, 0.2) is 5.82 Å². The van der Waals surface area contributed by atoms with Crippen LogP contribution in [0, 0.1) is 5.82 Å². The topological polar surface area (TPSA) is 37.8 Å². The van der Waals surface area contributed by atoms with Gasteiger partial charge in [-0.25, -0.2) is 14.4 Å². The smallest absolute Gasteiger partial charge is 0.160 e. The molecule has 88 valence electrons. The number of nitrogens with zero attached hydrogens (tertiary/aromatic N) is 2. The minimum absolute atomic E-state index is 0.285. The molecule has 1 heterocycles. The van der Waals surface area contributed by atoms with E-state index in [4.69, 9.17) is 0 Å². The molecular weight excluding hydrogens is 285 g/mol. The second-order valence-electron chi connectivity index (χ2n) is 3.53. The highest BCUT2D eigenvalue weighted by Crippen LogP contribution is 2.26. The summed E-state index contributed by atoms with van der Waals surface area (Å²) in [7, 11) is 1.86. The van der Waals surface area contributed by atoms with Gasteiger partial charge in [0, 0.05) is 22.8 Å². The van der Waals surface area contributed by atoms with Crippen molar-refractivity contribution >= 4 is 15.9 Å². The van der Waals surface area contributed by atoms with Crippen LogP contribution in [0.2, 0.25) is 0 Å². The predicted molar refractivity (Wildman–Crippen MR) is 67.9 cm³/mol. The number of benzene rings is 1. The molecule has 2 rings (SSSR count). The van der Waals surface area contributed by atoms with E-state index in [1.165, 1.54) is 12.1 Å². The Balaban J connectivity index is 2.42. The first-order valence-corrected chi connectivity index (χ1v) is 5.92. The van der Waals surface area contributed by atoms with Crippen molar-refractivity contribution < 1.29 is 4.39 Å². The van der Waals surface area contributed by atoms with Crippen LogP contribution >= 0.6 is 15.9 Å². The van der Waals surface area contributed by atoms with Gasteiger partial charge < -0.3 is 5.32 Å². The molecule has 0 radical (unpaired) electrons. The number of halogens is 2. The molecule has 17 heavy (non-hydrogen) atoms. The molecule has 0 aliphatic carbocycles. The molecule has 0 fully saturated rings. The van der Waals surface area contributed by atoms with Gasteiger partial charge in [0.05, 0.1) is 5.69 Å². The highest BCUT2D eigenvalue weighted by Gasteiger charge is 2.07. The van der Waals surface area contributed by atoms with Gasteiger partial charge in [-0.3, -0.25) is 0 Å². The van der Waals surface area contributed by atoms with Gasteiger partial charge in [0.25, 0.3) is 0 Å². The lowest BCUT2D eigenvalue weighted by atomic mass is 10.2. The highest BCUT2D eigenvalue weighted by molar-refractivity contribution is 9.10. The van der Waals surface area contributed by atoms with E-state index in [9.17, 15) is 4.39 Å². The predicted octanol–water partition coefficient (Wildman–Crippen LogP) is 2.76. The van der Waals surface area contributed by atoms with Crippen LogP contribution in [-0.2, 0) is 6.54 Å². The molecule has 0 saturated carbocycles. The summed E-state index contributed by atoms with van der Waals surface area (Å²) in [5.74, 6) is 0.302. The second-order valence-corrected chi connectivity index (χ2v) is 4.38. The number of hydrogen-bond donors (Lipinski definition) is 1. The molecule has 0 bridgehead atoms. The van der Waals surface area contributed by atoms with Crippen LogP contribution in [0.25, 0.3) is 11.4 Å². The summed E-state index contributed by atoms with van der Waals surface area (Å²) in [5.41, 5.74) is 1.68. The van der Waals surface area contributed by atoms with Gasteiger partial charge in [0.1, 0.15) is 5.82 Å². The first-order valence-electron chi connectivity index (χ1n) is 5.12. The monoisotopic (exact) mass is 295 g/mol. The quantitative estimate of drug-likeness (QED) is 0.946. The molecule has 2 aromatic rings. The lowest BCUT2D eigenvalue weighted by molar-refractivity contribution is 0.627. The molecule has 1 aromatic heterocycles. The van der Waals surface area contributed by atoms with Crippen molar-refractivity contribution in [3.05, 3.63) is 46.4 Å². The van der Waals surface area contributed by atoms with Crippen molar-refractivity contribution in [1.82, 2.24) is 15.3 Å². The van der Waals surface area contributed by atoms with Gasteiger partial charge in [-0.1, -0.05) is 0 Å². The van der Waals surface area contributed by atoms with Crippen molar-refractivity contribution in [2.24, 2.45) is 0 Å². The van der Waals surface area contributed by atoms with Crippen LogP contribution in [0.5, 0.6) is 0 Å². The third-order valence-electron chi connectivity index (χ3n) is 2.24. The molecular formula is C12H11BrFN3. The fraction of sp³-hybridized carbons (Fsp3) is 0.167. The zero-order valence-electron chi connectivity index (χ0n) is 9.24. The molecule has 0 aliphatic rings. The molecule has 5 heteroatoms. The summed E-state index contributed by atoms with van der Waals surface area (Å²) in [4.78, 5) is 8.59. The maximum atomic E-state index is 13.0. The molecule has 0 unspecified atom stereocenters. The van der Waals surface area contributed by atoms with Crippen LogP contribution in [0.3, 0.4) is 0 Å². The van der Waals surface area contributed by atoms with E-state index in [0.717, 1.165) is 11.3 Å². The molecule has 0 aliphatic heterocycles. The van der Waals surface area contributed by atoms with Gasteiger partial charge >= 0.3 is 0 Å². The van der Waals surface area contributed by atoms with Crippen LogP contribution in [0.1, 0.15) is 5.69 Å². The van der Waals surface area contributed by atoms with E-state index in [2.05, 4.69) is 31.2 Å². The Hall–Kier alpha value is -1.33. The van der Waals surface area contributed by atoms with E-state index in [1.807, 2.05) is 13.1 Å². The van der Waals surface area contributed by atoms with Crippen LogP contribution < -0.4 is 5.32 Å². The Labute approximate surface area is 107 Å². The third-order valence-corrected chi connectivity index (χ3v) is 2.90. The maximum Gasteiger partial charge on any atom is 0.160 e. The Morgan fingerprint density at radius 3 is 2.88 bits per heavy atom. The first-order chi connectivity index (χ1) is 8.20. The lowest BCUT2D eigenvalue weighted by Gasteiger charge is -2.05. The minimum Gasteiger partial charge on any atom is -0.314 e. The zero-order chi connectivity index (χ0) is 12.3. The van der Waals surface area contributed by atoms with E-state index in [1.54, 1.807) is 12.3 Å². The molecule has 0 amide bonds. The van der Waals surface area contributed by atoms with Crippen LogP contribution in [-0.4, -0.2) is 17.0 Å². The SMILES string of the molecule is CNCc1ccnc(-c2ccc(F)cc2Br)n1. The molecule has 0 saturated heterocycles. The lowest BCUT2D eigenvalue weighted by Crippen LogP contribution is -2.07. The summed E-state index contributed by atoms with van der Waals surface area (Å²) in [6, 6.07) is 6.31. The fourth-order valence-corrected chi connectivity index (χ4v) is 2.00. The van der Waals surface area contributed by atoms with Crippen molar-refractivity contribution in [1.29, 1.82) is 0 Å². The van der Waals surface area contributed by atoms with Gasteiger partial charge in [-0.05, 0) is 47.2 Å². The minimum atomic E-state index is -0.285. The summed E-state index contributed by atoms with van der Waals surface area (Å²) in [6.07, 6.45) is 1.70. The number of rotatable bonds is 3. The first kappa shape index (κ1) is 12.1. The molecule has 3 nitrogen and oxygen atoms in total. The average molecular weight is 296 g/mol. The summed E-state index contributed by atoms with van der Waals surface area (Å²) < 4.78 is 13.6. The van der Waals surface area contributed by atoms with Gasteiger partial charge in [0.2, 0.25) is 0 Å². The summed E-state index contributed by atoms with van der Waals surface area (Å²) in [5, 5.41) is 3.02. The third kappa shape index (κ3) is 2.87.